The van der Waals surface area contributed by atoms with Gasteiger partial charge in [0.2, 0.25) is 5.90 Å². The van der Waals surface area contributed by atoms with E-state index in [9.17, 15) is 0 Å². The van der Waals surface area contributed by atoms with Crippen LogP contribution in [0.3, 0.4) is 0 Å². The fourth-order valence-electron chi connectivity index (χ4n) is 1.98. The summed E-state index contributed by atoms with van der Waals surface area (Å²) in [5.74, 6) is 0.167. The fourth-order valence-corrected chi connectivity index (χ4v) is 2.29. The number of halogens is 3. The van der Waals surface area contributed by atoms with Crippen LogP contribution in [-0.2, 0) is 4.74 Å². The van der Waals surface area contributed by atoms with Crippen molar-refractivity contribution < 1.29 is 4.74 Å². The van der Waals surface area contributed by atoms with E-state index in [0.29, 0.717) is 6.61 Å². The second kappa shape index (κ2) is 4.92. The summed E-state index contributed by atoms with van der Waals surface area (Å²) >= 11 is 17.5. The quantitative estimate of drug-likeness (QED) is 0.697. The second-order valence-electron chi connectivity index (χ2n) is 5.02. The Kier molecular flexibility index (Phi) is 3.82. The Bertz CT molecular complexity index is 451. The van der Waals surface area contributed by atoms with E-state index in [1.807, 2.05) is 30.3 Å². The summed E-state index contributed by atoms with van der Waals surface area (Å²) < 4.78 is 3.86. The first-order valence-corrected chi connectivity index (χ1v) is 6.77. The number of alkyl halides is 3. The summed E-state index contributed by atoms with van der Waals surface area (Å²) in [7, 11) is 0. The third-order valence-corrected chi connectivity index (χ3v) is 3.41. The summed E-state index contributed by atoms with van der Waals surface area (Å²) in [6.45, 7) is 4.64. The molecule has 1 atom stereocenters. The summed E-state index contributed by atoms with van der Waals surface area (Å²) in [6.07, 6.45) is 0. The molecule has 98 valence electrons. The number of aliphatic imine (C=N–C) groups is 1. The van der Waals surface area contributed by atoms with Crippen molar-refractivity contribution in [2.45, 2.75) is 23.7 Å². The van der Waals surface area contributed by atoms with Crippen LogP contribution in [0.5, 0.6) is 0 Å². The van der Waals surface area contributed by atoms with Crippen molar-refractivity contribution in [3.8, 4) is 0 Å². The van der Waals surface area contributed by atoms with Gasteiger partial charge in [0.15, 0.2) is 0 Å². The molecule has 1 aliphatic heterocycles. The SMILES string of the molecule is CC1(C)COC(C(Cl)(Cl)Cl)=NC1c1ccccc1. The van der Waals surface area contributed by atoms with Gasteiger partial charge in [-0.2, -0.15) is 0 Å². The Morgan fingerprint density at radius 3 is 2.39 bits per heavy atom. The van der Waals surface area contributed by atoms with E-state index in [4.69, 9.17) is 39.5 Å². The molecule has 0 aromatic heterocycles. The predicted octanol–water partition coefficient (Wildman–Crippen LogP) is 4.55. The average molecular weight is 307 g/mol. The number of benzene rings is 1. The van der Waals surface area contributed by atoms with Crippen molar-refractivity contribution in [1.29, 1.82) is 0 Å². The van der Waals surface area contributed by atoms with E-state index in [1.54, 1.807) is 0 Å². The molecule has 1 unspecified atom stereocenters. The number of ether oxygens (including phenoxy) is 1. The van der Waals surface area contributed by atoms with Crippen LogP contribution in [0.25, 0.3) is 0 Å². The van der Waals surface area contributed by atoms with E-state index in [-0.39, 0.29) is 17.4 Å². The van der Waals surface area contributed by atoms with Gasteiger partial charge >= 0.3 is 0 Å². The largest absolute Gasteiger partial charge is 0.477 e. The highest BCUT2D eigenvalue weighted by atomic mass is 35.6. The Morgan fingerprint density at radius 1 is 1.22 bits per heavy atom. The smallest absolute Gasteiger partial charge is 0.266 e. The molecule has 0 fully saturated rings. The molecule has 1 aromatic carbocycles. The lowest BCUT2D eigenvalue weighted by molar-refractivity contribution is 0.114. The van der Waals surface area contributed by atoms with E-state index in [2.05, 4.69) is 18.8 Å². The summed E-state index contributed by atoms with van der Waals surface area (Å²) in [5.41, 5.74) is 0.957. The lowest BCUT2D eigenvalue weighted by atomic mass is 9.81. The number of nitrogens with zero attached hydrogens (tertiary/aromatic N) is 1. The van der Waals surface area contributed by atoms with Gasteiger partial charge in [-0.05, 0) is 5.56 Å². The van der Waals surface area contributed by atoms with Crippen LogP contribution in [0.1, 0.15) is 25.5 Å². The minimum atomic E-state index is -1.61. The summed E-state index contributed by atoms with van der Waals surface area (Å²) in [6, 6.07) is 9.90. The maximum Gasteiger partial charge on any atom is 0.266 e. The zero-order valence-electron chi connectivity index (χ0n) is 10.2. The highest BCUT2D eigenvalue weighted by Crippen LogP contribution is 2.43. The molecule has 18 heavy (non-hydrogen) atoms. The molecule has 2 rings (SSSR count). The molecule has 0 saturated heterocycles. The predicted molar refractivity (Wildman–Crippen MR) is 76.6 cm³/mol. The lowest BCUT2D eigenvalue weighted by Gasteiger charge is -2.37. The highest BCUT2D eigenvalue weighted by Gasteiger charge is 2.41. The Labute approximate surface area is 122 Å². The van der Waals surface area contributed by atoms with Gasteiger partial charge in [0.25, 0.3) is 3.79 Å². The second-order valence-corrected chi connectivity index (χ2v) is 7.30. The minimum absolute atomic E-state index is 0.0712. The van der Waals surface area contributed by atoms with Gasteiger partial charge in [-0.3, -0.25) is 0 Å². The zero-order valence-corrected chi connectivity index (χ0v) is 12.4. The molecule has 2 nitrogen and oxygen atoms in total. The van der Waals surface area contributed by atoms with Crippen LogP contribution in [0.15, 0.2) is 35.3 Å². The third-order valence-electron chi connectivity index (χ3n) is 2.93. The molecular weight excluding hydrogens is 293 g/mol. The van der Waals surface area contributed by atoms with Gasteiger partial charge in [-0.1, -0.05) is 79.0 Å². The van der Waals surface area contributed by atoms with Gasteiger partial charge in [-0.15, -0.1) is 0 Å². The molecule has 5 heteroatoms. The van der Waals surface area contributed by atoms with Gasteiger partial charge in [0.1, 0.15) is 0 Å². The standard InChI is InChI=1S/C13H14Cl3NO/c1-12(2)8-18-11(13(14,15)16)17-10(12)9-6-4-3-5-7-9/h3-7,10H,8H2,1-2H3. The molecule has 0 amide bonds. The summed E-state index contributed by atoms with van der Waals surface area (Å²) in [5, 5.41) is 0. The molecule has 0 spiro atoms. The Morgan fingerprint density at radius 2 is 1.83 bits per heavy atom. The molecule has 0 aliphatic carbocycles. The van der Waals surface area contributed by atoms with Gasteiger partial charge in [0, 0.05) is 5.41 Å². The topological polar surface area (TPSA) is 21.6 Å². The number of rotatable bonds is 1. The molecule has 1 aliphatic rings. The maximum absolute atomic E-state index is 5.83. The first kappa shape index (κ1) is 14.0. The van der Waals surface area contributed by atoms with Crippen LogP contribution in [0, 0.1) is 5.41 Å². The highest BCUT2D eigenvalue weighted by molar-refractivity contribution is 6.76. The maximum atomic E-state index is 5.83. The average Bonchev–Trinajstić information content (AvgIpc) is 2.28. The Balaban J connectivity index is 2.41. The molecule has 0 N–H and O–H groups in total. The van der Waals surface area contributed by atoms with Crippen LogP contribution >= 0.6 is 34.8 Å². The first-order valence-electron chi connectivity index (χ1n) is 5.63. The number of hydrogen-bond donors (Lipinski definition) is 0. The van der Waals surface area contributed by atoms with E-state index in [0.717, 1.165) is 5.56 Å². The first-order chi connectivity index (χ1) is 8.31. The molecule has 0 radical (unpaired) electrons. The van der Waals surface area contributed by atoms with Gasteiger partial charge < -0.3 is 4.74 Å². The van der Waals surface area contributed by atoms with Crippen LogP contribution < -0.4 is 0 Å². The monoisotopic (exact) mass is 305 g/mol. The minimum Gasteiger partial charge on any atom is -0.477 e. The van der Waals surface area contributed by atoms with Crippen molar-refractivity contribution in [2.75, 3.05) is 6.61 Å². The van der Waals surface area contributed by atoms with Crippen molar-refractivity contribution >= 4 is 40.7 Å². The zero-order chi connectivity index (χ0) is 13.4. The van der Waals surface area contributed by atoms with E-state index >= 15 is 0 Å². The van der Waals surface area contributed by atoms with Crippen LogP contribution in [0.4, 0.5) is 0 Å². The van der Waals surface area contributed by atoms with Crippen molar-refractivity contribution in [1.82, 2.24) is 0 Å². The third kappa shape index (κ3) is 2.93. The molecule has 1 heterocycles. The van der Waals surface area contributed by atoms with Gasteiger partial charge in [-0.25, -0.2) is 4.99 Å². The van der Waals surface area contributed by atoms with Crippen molar-refractivity contribution in [2.24, 2.45) is 10.4 Å². The number of hydrogen-bond acceptors (Lipinski definition) is 2. The van der Waals surface area contributed by atoms with Crippen molar-refractivity contribution in [3.63, 3.8) is 0 Å². The molecule has 1 aromatic rings. The van der Waals surface area contributed by atoms with Crippen molar-refractivity contribution in [3.05, 3.63) is 35.9 Å². The van der Waals surface area contributed by atoms with E-state index < -0.39 is 3.79 Å². The Hall–Kier alpha value is -0.440. The lowest BCUT2D eigenvalue weighted by Crippen LogP contribution is -2.38. The van der Waals surface area contributed by atoms with Gasteiger partial charge in [0.05, 0.1) is 12.6 Å². The van der Waals surface area contributed by atoms with Crippen LogP contribution in [0.2, 0.25) is 0 Å². The van der Waals surface area contributed by atoms with E-state index in [1.165, 1.54) is 0 Å². The van der Waals surface area contributed by atoms with Crippen LogP contribution in [-0.4, -0.2) is 16.3 Å². The molecule has 0 saturated carbocycles. The normalized spacial score (nSPS) is 23.2. The molecule has 0 bridgehead atoms. The fraction of sp³-hybridized carbons (Fsp3) is 0.462. The molecular formula is C13H14Cl3NO. The summed E-state index contributed by atoms with van der Waals surface area (Å²) in [4.78, 5) is 4.47.